The summed E-state index contributed by atoms with van der Waals surface area (Å²) >= 11 is 0. The van der Waals surface area contributed by atoms with E-state index < -0.39 is 6.17 Å². The number of ether oxygens (including phenoxy) is 1. The molecule has 1 aliphatic heterocycles. The van der Waals surface area contributed by atoms with E-state index in [2.05, 4.69) is 0 Å². The summed E-state index contributed by atoms with van der Waals surface area (Å²) in [6, 6.07) is 0. The molecule has 1 saturated heterocycles. The molecular weight excluding hydrogens is 145 g/mol. The van der Waals surface area contributed by atoms with Crippen LogP contribution < -0.4 is 5.73 Å². The smallest absolute Gasteiger partial charge is 0.113 e. The fourth-order valence-electron chi connectivity index (χ4n) is 1.45. The second kappa shape index (κ2) is 4.67. The molecule has 2 nitrogen and oxygen atoms in total. The Morgan fingerprint density at radius 3 is 3.00 bits per heavy atom. The zero-order chi connectivity index (χ0) is 8.10. The van der Waals surface area contributed by atoms with Gasteiger partial charge in [-0.3, -0.25) is 0 Å². The third-order valence-corrected chi connectivity index (χ3v) is 2.10. The summed E-state index contributed by atoms with van der Waals surface area (Å²) in [6.45, 7) is 1.72. The fourth-order valence-corrected chi connectivity index (χ4v) is 1.45. The lowest BCUT2D eigenvalue weighted by Gasteiger charge is -2.22. The lowest BCUT2D eigenvalue weighted by Crippen LogP contribution is -2.24. The molecule has 0 bridgehead atoms. The maximum atomic E-state index is 12.7. The molecule has 2 atom stereocenters. The van der Waals surface area contributed by atoms with Crippen LogP contribution in [0.15, 0.2) is 0 Å². The van der Waals surface area contributed by atoms with E-state index in [1.165, 1.54) is 0 Å². The minimum absolute atomic E-state index is 0.149. The third kappa shape index (κ3) is 3.16. The Bertz CT molecular complexity index is 104. The van der Waals surface area contributed by atoms with Gasteiger partial charge in [-0.1, -0.05) is 0 Å². The minimum atomic E-state index is -0.832. The van der Waals surface area contributed by atoms with Gasteiger partial charge in [0, 0.05) is 19.8 Å². The lowest BCUT2D eigenvalue weighted by atomic mass is 9.96. The normalized spacial score (nSPS) is 28.4. The van der Waals surface area contributed by atoms with Gasteiger partial charge in [0.15, 0.2) is 0 Å². The van der Waals surface area contributed by atoms with Crippen molar-refractivity contribution in [3.8, 4) is 0 Å². The molecule has 3 heteroatoms. The molecule has 1 fully saturated rings. The Balaban J connectivity index is 2.13. The first-order chi connectivity index (χ1) is 5.33. The molecule has 0 saturated carbocycles. The molecule has 0 aromatic heterocycles. The van der Waals surface area contributed by atoms with Crippen molar-refractivity contribution < 1.29 is 9.13 Å². The molecule has 1 aliphatic rings. The minimum Gasteiger partial charge on any atom is -0.381 e. The van der Waals surface area contributed by atoms with Crippen molar-refractivity contribution in [2.45, 2.75) is 25.4 Å². The average Bonchev–Trinajstić information content (AvgIpc) is 2.06. The van der Waals surface area contributed by atoms with Crippen LogP contribution in [-0.4, -0.2) is 25.9 Å². The SMILES string of the molecule is NCC(F)CC1CCCOC1. The first-order valence-electron chi connectivity index (χ1n) is 4.25. The van der Waals surface area contributed by atoms with E-state index in [0.717, 1.165) is 26.1 Å². The van der Waals surface area contributed by atoms with E-state index in [0.29, 0.717) is 12.3 Å². The van der Waals surface area contributed by atoms with Gasteiger partial charge in [-0.2, -0.15) is 0 Å². The summed E-state index contributed by atoms with van der Waals surface area (Å²) < 4.78 is 18.0. The van der Waals surface area contributed by atoms with Crippen molar-refractivity contribution in [2.24, 2.45) is 11.7 Å². The number of nitrogens with two attached hydrogens (primary N) is 1. The monoisotopic (exact) mass is 161 g/mol. The zero-order valence-corrected chi connectivity index (χ0v) is 6.76. The maximum absolute atomic E-state index is 12.7. The maximum Gasteiger partial charge on any atom is 0.113 e. The molecule has 1 heterocycles. The number of rotatable bonds is 3. The Hall–Kier alpha value is -0.150. The van der Waals surface area contributed by atoms with Crippen molar-refractivity contribution in [1.82, 2.24) is 0 Å². The molecule has 2 N–H and O–H groups in total. The van der Waals surface area contributed by atoms with Crippen LogP contribution in [0.3, 0.4) is 0 Å². The summed E-state index contributed by atoms with van der Waals surface area (Å²) in [6.07, 6.45) is 1.92. The standard InChI is InChI=1S/C8H16FNO/c9-8(5-10)4-7-2-1-3-11-6-7/h7-8H,1-6,10H2. The fraction of sp³-hybridized carbons (Fsp3) is 1.00. The molecule has 0 aromatic carbocycles. The van der Waals surface area contributed by atoms with E-state index in [1.54, 1.807) is 0 Å². The van der Waals surface area contributed by atoms with E-state index in [-0.39, 0.29) is 6.54 Å². The van der Waals surface area contributed by atoms with Crippen LogP contribution >= 0.6 is 0 Å². The Kier molecular flexibility index (Phi) is 3.80. The number of halogens is 1. The van der Waals surface area contributed by atoms with Crippen LogP contribution in [0.1, 0.15) is 19.3 Å². The van der Waals surface area contributed by atoms with Crippen LogP contribution in [0.4, 0.5) is 4.39 Å². The van der Waals surface area contributed by atoms with E-state index in [9.17, 15) is 4.39 Å². The second-order valence-electron chi connectivity index (χ2n) is 3.15. The number of hydrogen-bond acceptors (Lipinski definition) is 2. The molecule has 66 valence electrons. The van der Waals surface area contributed by atoms with Crippen molar-refractivity contribution in [1.29, 1.82) is 0 Å². The Labute approximate surface area is 66.9 Å². The van der Waals surface area contributed by atoms with Crippen molar-refractivity contribution in [2.75, 3.05) is 19.8 Å². The highest BCUT2D eigenvalue weighted by Crippen LogP contribution is 2.19. The quantitative estimate of drug-likeness (QED) is 0.672. The molecule has 0 aliphatic carbocycles. The zero-order valence-electron chi connectivity index (χ0n) is 6.76. The van der Waals surface area contributed by atoms with Gasteiger partial charge in [0.25, 0.3) is 0 Å². The van der Waals surface area contributed by atoms with Crippen molar-refractivity contribution in [3.63, 3.8) is 0 Å². The van der Waals surface area contributed by atoms with Crippen LogP contribution in [0.2, 0.25) is 0 Å². The van der Waals surface area contributed by atoms with Gasteiger partial charge in [-0.05, 0) is 25.2 Å². The predicted molar refractivity (Wildman–Crippen MR) is 42.1 cm³/mol. The highest BCUT2D eigenvalue weighted by molar-refractivity contribution is 4.68. The average molecular weight is 161 g/mol. The number of hydrogen-bond donors (Lipinski definition) is 1. The van der Waals surface area contributed by atoms with E-state index >= 15 is 0 Å². The van der Waals surface area contributed by atoms with Crippen molar-refractivity contribution in [3.05, 3.63) is 0 Å². The molecule has 1 rings (SSSR count). The Morgan fingerprint density at radius 2 is 2.45 bits per heavy atom. The lowest BCUT2D eigenvalue weighted by molar-refractivity contribution is 0.0423. The summed E-state index contributed by atoms with van der Waals surface area (Å²) in [5.74, 6) is 0.405. The van der Waals surface area contributed by atoms with Gasteiger partial charge in [-0.25, -0.2) is 4.39 Å². The predicted octanol–water partition coefficient (Wildman–Crippen LogP) is 1.10. The molecule has 0 amide bonds. The molecule has 11 heavy (non-hydrogen) atoms. The van der Waals surface area contributed by atoms with E-state index in [1.807, 2.05) is 0 Å². The summed E-state index contributed by atoms with van der Waals surface area (Å²) in [4.78, 5) is 0. The summed E-state index contributed by atoms with van der Waals surface area (Å²) in [5.41, 5.74) is 5.17. The van der Waals surface area contributed by atoms with Gasteiger partial charge in [0.05, 0.1) is 0 Å². The van der Waals surface area contributed by atoms with Gasteiger partial charge in [0.2, 0.25) is 0 Å². The second-order valence-corrected chi connectivity index (χ2v) is 3.15. The molecule has 0 spiro atoms. The topological polar surface area (TPSA) is 35.2 Å². The third-order valence-electron chi connectivity index (χ3n) is 2.10. The highest BCUT2D eigenvalue weighted by atomic mass is 19.1. The largest absolute Gasteiger partial charge is 0.381 e. The molecular formula is C8H16FNO. The highest BCUT2D eigenvalue weighted by Gasteiger charge is 2.17. The van der Waals surface area contributed by atoms with Crippen LogP contribution in [0.25, 0.3) is 0 Å². The number of alkyl halides is 1. The molecule has 2 unspecified atom stereocenters. The van der Waals surface area contributed by atoms with Crippen LogP contribution in [-0.2, 0) is 4.74 Å². The van der Waals surface area contributed by atoms with Crippen LogP contribution in [0.5, 0.6) is 0 Å². The molecule has 0 aromatic rings. The first kappa shape index (κ1) is 8.94. The first-order valence-corrected chi connectivity index (χ1v) is 4.25. The van der Waals surface area contributed by atoms with Gasteiger partial charge < -0.3 is 10.5 Å². The van der Waals surface area contributed by atoms with Gasteiger partial charge >= 0.3 is 0 Å². The van der Waals surface area contributed by atoms with Gasteiger partial charge in [0.1, 0.15) is 6.17 Å². The summed E-state index contributed by atoms with van der Waals surface area (Å²) in [5, 5.41) is 0. The summed E-state index contributed by atoms with van der Waals surface area (Å²) in [7, 11) is 0. The van der Waals surface area contributed by atoms with Crippen LogP contribution in [0, 0.1) is 5.92 Å². The Morgan fingerprint density at radius 1 is 1.64 bits per heavy atom. The van der Waals surface area contributed by atoms with Gasteiger partial charge in [-0.15, -0.1) is 0 Å². The molecule has 0 radical (unpaired) electrons. The van der Waals surface area contributed by atoms with Crippen molar-refractivity contribution >= 4 is 0 Å². The van der Waals surface area contributed by atoms with E-state index in [4.69, 9.17) is 10.5 Å².